The summed E-state index contributed by atoms with van der Waals surface area (Å²) in [6, 6.07) is 7.30. The third-order valence-corrected chi connectivity index (χ3v) is 2.87. The van der Waals surface area contributed by atoms with E-state index >= 15 is 0 Å². The second-order valence-corrected chi connectivity index (χ2v) is 5.80. The zero-order valence-electron chi connectivity index (χ0n) is 12.7. The molecule has 0 saturated carbocycles. The zero-order chi connectivity index (χ0) is 15.1. The molecule has 1 rings (SSSR count). The summed E-state index contributed by atoms with van der Waals surface area (Å²) in [5.74, 6) is 1.07. The summed E-state index contributed by atoms with van der Waals surface area (Å²) < 4.78 is 5.61. The van der Waals surface area contributed by atoms with Crippen molar-refractivity contribution in [2.75, 3.05) is 11.9 Å². The number of hydrogen-bond donors (Lipinski definition) is 2. The fourth-order valence-corrected chi connectivity index (χ4v) is 1.56. The Labute approximate surface area is 121 Å². The Kier molecular flexibility index (Phi) is 6.52. The highest BCUT2D eigenvalue weighted by Gasteiger charge is 2.14. The normalized spacial score (nSPS) is 12.6. The lowest BCUT2D eigenvalue weighted by Crippen LogP contribution is -2.23. The highest BCUT2D eigenvalue weighted by molar-refractivity contribution is 5.91. The lowest BCUT2D eigenvalue weighted by molar-refractivity contribution is -0.118. The van der Waals surface area contributed by atoms with E-state index in [1.807, 2.05) is 32.0 Å². The molecule has 0 fully saturated rings. The highest BCUT2D eigenvalue weighted by atomic mass is 16.5. The van der Waals surface area contributed by atoms with Crippen LogP contribution in [0.25, 0.3) is 0 Å². The van der Waals surface area contributed by atoms with Crippen molar-refractivity contribution in [3.05, 3.63) is 24.3 Å². The Morgan fingerprint density at radius 2 is 2.00 bits per heavy atom. The van der Waals surface area contributed by atoms with Crippen LogP contribution >= 0.6 is 0 Å². The quantitative estimate of drug-likeness (QED) is 0.806. The van der Waals surface area contributed by atoms with E-state index in [4.69, 9.17) is 4.74 Å². The number of hydrogen-bond acceptors (Lipinski definition) is 3. The number of anilines is 1. The Morgan fingerprint density at radius 1 is 1.30 bits per heavy atom. The van der Waals surface area contributed by atoms with Gasteiger partial charge >= 0.3 is 0 Å². The van der Waals surface area contributed by atoms with Gasteiger partial charge in [0.25, 0.3) is 0 Å². The van der Waals surface area contributed by atoms with Gasteiger partial charge in [0, 0.05) is 11.8 Å². The SMILES string of the molecule is CC(C)COc1cccc(NC(=O)CC(O)C(C)C)c1. The largest absolute Gasteiger partial charge is 0.493 e. The third-order valence-electron chi connectivity index (χ3n) is 2.87. The molecule has 1 aromatic rings. The minimum atomic E-state index is -0.615. The van der Waals surface area contributed by atoms with E-state index in [0.717, 1.165) is 5.75 Å². The van der Waals surface area contributed by atoms with Gasteiger partial charge in [0.15, 0.2) is 0 Å². The van der Waals surface area contributed by atoms with Crippen LogP contribution in [0.4, 0.5) is 5.69 Å². The number of benzene rings is 1. The van der Waals surface area contributed by atoms with Crippen molar-refractivity contribution in [2.24, 2.45) is 11.8 Å². The van der Waals surface area contributed by atoms with E-state index in [0.29, 0.717) is 18.2 Å². The molecule has 1 atom stereocenters. The molecule has 0 aliphatic carbocycles. The van der Waals surface area contributed by atoms with E-state index in [1.54, 1.807) is 6.07 Å². The van der Waals surface area contributed by atoms with Crippen molar-refractivity contribution >= 4 is 11.6 Å². The average molecular weight is 279 g/mol. The number of nitrogens with one attached hydrogen (secondary N) is 1. The summed E-state index contributed by atoms with van der Waals surface area (Å²) >= 11 is 0. The zero-order valence-corrected chi connectivity index (χ0v) is 12.7. The Bertz CT molecular complexity index is 429. The maximum Gasteiger partial charge on any atom is 0.226 e. The maximum atomic E-state index is 11.8. The number of aliphatic hydroxyl groups excluding tert-OH is 1. The topological polar surface area (TPSA) is 58.6 Å². The van der Waals surface area contributed by atoms with Gasteiger partial charge in [-0.15, -0.1) is 0 Å². The average Bonchev–Trinajstić information content (AvgIpc) is 2.36. The molecule has 20 heavy (non-hydrogen) atoms. The van der Waals surface area contributed by atoms with Crippen LogP contribution in [0.3, 0.4) is 0 Å². The van der Waals surface area contributed by atoms with Gasteiger partial charge in [-0.05, 0) is 24.0 Å². The van der Waals surface area contributed by atoms with E-state index in [-0.39, 0.29) is 18.2 Å². The number of amides is 1. The predicted octanol–water partition coefficient (Wildman–Crippen LogP) is 3.07. The first kappa shape index (κ1) is 16.5. The summed E-state index contributed by atoms with van der Waals surface area (Å²) in [7, 11) is 0. The van der Waals surface area contributed by atoms with E-state index in [9.17, 15) is 9.90 Å². The molecule has 0 aliphatic heterocycles. The number of carbonyl (C=O) groups is 1. The number of carbonyl (C=O) groups excluding carboxylic acids is 1. The first-order valence-corrected chi connectivity index (χ1v) is 7.09. The molecule has 1 amide bonds. The molecule has 0 aliphatic rings. The van der Waals surface area contributed by atoms with Crippen LogP contribution in [0.5, 0.6) is 5.75 Å². The monoisotopic (exact) mass is 279 g/mol. The lowest BCUT2D eigenvalue weighted by atomic mass is 10.0. The van der Waals surface area contributed by atoms with Crippen LogP contribution in [0.2, 0.25) is 0 Å². The van der Waals surface area contributed by atoms with Gasteiger partial charge in [-0.2, -0.15) is 0 Å². The molecule has 0 bridgehead atoms. The molecule has 1 aromatic carbocycles. The summed E-state index contributed by atoms with van der Waals surface area (Å²) in [6.07, 6.45) is -0.509. The van der Waals surface area contributed by atoms with E-state index in [1.165, 1.54) is 0 Å². The summed E-state index contributed by atoms with van der Waals surface area (Å²) in [5.41, 5.74) is 0.687. The standard InChI is InChI=1S/C16H25NO3/c1-11(2)10-20-14-7-5-6-13(8-14)17-16(19)9-15(18)12(3)4/h5-8,11-12,15,18H,9-10H2,1-4H3,(H,17,19). The van der Waals surface area contributed by atoms with Gasteiger partial charge in [0.05, 0.1) is 19.1 Å². The first-order valence-electron chi connectivity index (χ1n) is 7.09. The van der Waals surface area contributed by atoms with Crippen molar-refractivity contribution in [3.63, 3.8) is 0 Å². The Hall–Kier alpha value is -1.55. The van der Waals surface area contributed by atoms with Crippen LogP contribution < -0.4 is 10.1 Å². The molecule has 0 aromatic heterocycles. The predicted molar refractivity (Wildman–Crippen MR) is 80.9 cm³/mol. The summed E-state index contributed by atoms with van der Waals surface area (Å²) in [4.78, 5) is 11.8. The van der Waals surface area contributed by atoms with Crippen LogP contribution in [-0.2, 0) is 4.79 Å². The molecule has 112 valence electrons. The number of rotatable bonds is 7. The highest BCUT2D eigenvalue weighted by Crippen LogP contribution is 2.18. The van der Waals surface area contributed by atoms with Crippen molar-refractivity contribution in [1.82, 2.24) is 0 Å². The molecule has 4 nitrogen and oxygen atoms in total. The number of aliphatic hydroxyl groups is 1. The molecule has 1 unspecified atom stereocenters. The minimum absolute atomic E-state index is 0.0708. The second kappa shape index (κ2) is 7.90. The van der Waals surface area contributed by atoms with Crippen molar-refractivity contribution in [1.29, 1.82) is 0 Å². The van der Waals surface area contributed by atoms with Crippen molar-refractivity contribution in [2.45, 2.75) is 40.2 Å². The van der Waals surface area contributed by atoms with Crippen LogP contribution in [0, 0.1) is 11.8 Å². The minimum Gasteiger partial charge on any atom is -0.493 e. The molecule has 2 N–H and O–H groups in total. The fraction of sp³-hybridized carbons (Fsp3) is 0.562. The van der Waals surface area contributed by atoms with Gasteiger partial charge in [0.1, 0.15) is 5.75 Å². The smallest absolute Gasteiger partial charge is 0.226 e. The van der Waals surface area contributed by atoms with E-state index in [2.05, 4.69) is 19.2 Å². The lowest BCUT2D eigenvalue weighted by Gasteiger charge is -2.14. The van der Waals surface area contributed by atoms with Gasteiger partial charge in [-0.1, -0.05) is 33.8 Å². The Balaban J connectivity index is 2.55. The Morgan fingerprint density at radius 3 is 2.60 bits per heavy atom. The molecule has 0 saturated heterocycles. The van der Waals surface area contributed by atoms with Crippen LogP contribution in [-0.4, -0.2) is 23.7 Å². The van der Waals surface area contributed by atoms with Gasteiger partial charge < -0.3 is 15.2 Å². The summed E-state index contributed by atoms with van der Waals surface area (Å²) in [6.45, 7) is 8.58. The molecule has 0 radical (unpaired) electrons. The fourth-order valence-electron chi connectivity index (χ4n) is 1.56. The van der Waals surface area contributed by atoms with Crippen molar-refractivity contribution in [3.8, 4) is 5.75 Å². The van der Waals surface area contributed by atoms with Crippen LogP contribution in [0.15, 0.2) is 24.3 Å². The molecule has 0 spiro atoms. The summed E-state index contributed by atoms with van der Waals surface area (Å²) in [5, 5.41) is 12.5. The molecular formula is C16H25NO3. The second-order valence-electron chi connectivity index (χ2n) is 5.80. The maximum absolute atomic E-state index is 11.8. The molecule has 0 heterocycles. The third kappa shape index (κ3) is 6.06. The van der Waals surface area contributed by atoms with Crippen molar-refractivity contribution < 1.29 is 14.6 Å². The van der Waals surface area contributed by atoms with Gasteiger partial charge in [-0.25, -0.2) is 0 Å². The van der Waals surface area contributed by atoms with Gasteiger partial charge in [-0.3, -0.25) is 4.79 Å². The van der Waals surface area contributed by atoms with E-state index < -0.39 is 6.10 Å². The molecular weight excluding hydrogens is 254 g/mol. The first-order chi connectivity index (χ1) is 9.38. The van der Waals surface area contributed by atoms with Gasteiger partial charge in [0.2, 0.25) is 5.91 Å². The molecule has 4 heteroatoms. The number of ether oxygens (including phenoxy) is 1. The van der Waals surface area contributed by atoms with Crippen LogP contribution in [0.1, 0.15) is 34.1 Å².